The fourth-order valence-corrected chi connectivity index (χ4v) is 2.45. The molecule has 0 unspecified atom stereocenters. The van der Waals surface area contributed by atoms with Crippen LogP contribution in [-0.2, 0) is 13.0 Å². The molecule has 60 valence electrons. The fraction of sp³-hybridized carbons (Fsp3) is 0.625. The van der Waals surface area contributed by atoms with E-state index in [1.807, 2.05) is 11.8 Å². The number of rotatable bonds is 1. The summed E-state index contributed by atoms with van der Waals surface area (Å²) in [5.74, 6) is 1.28. The van der Waals surface area contributed by atoms with Gasteiger partial charge in [0.25, 0.3) is 0 Å². The minimum atomic E-state index is 1.17. The predicted molar refractivity (Wildman–Crippen MR) is 47.1 cm³/mol. The molecule has 0 aliphatic carbocycles. The largest absolute Gasteiger partial charge is 0.323 e. The van der Waals surface area contributed by atoms with Crippen molar-refractivity contribution < 1.29 is 0 Å². The summed E-state index contributed by atoms with van der Waals surface area (Å²) in [4.78, 5) is 4.50. The zero-order valence-corrected chi connectivity index (χ0v) is 7.74. The van der Waals surface area contributed by atoms with Crippen molar-refractivity contribution in [2.75, 3.05) is 6.26 Å². The van der Waals surface area contributed by atoms with Gasteiger partial charge in [-0.2, -0.15) is 0 Å². The Bertz CT molecular complexity index is 278. The third kappa shape index (κ3) is 0.984. The normalized spacial score (nSPS) is 15.5. The smallest absolute Gasteiger partial charge is 0.109 e. The predicted octanol–water partition coefficient (Wildman–Crippen LogP) is 1.86. The summed E-state index contributed by atoms with van der Waals surface area (Å²) in [5.41, 5.74) is 1.20. The van der Waals surface area contributed by atoms with Crippen LogP contribution in [0.15, 0.2) is 5.03 Å². The highest BCUT2D eigenvalue weighted by Gasteiger charge is 2.17. The standard InChI is InChI=1S/C8H12N2S/c1-6-8(11-2)10-5-3-4-7(10)9-6/h3-5H2,1-2H3. The zero-order valence-electron chi connectivity index (χ0n) is 6.92. The summed E-state index contributed by atoms with van der Waals surface area (Å²) in [6, 6.07) is 0. The van der Waals surface area contributed by atoms with Gasteiger partial charge >= 0.3 is 0 Å². The van der Waals surface area contributed by atoms with Crippen molar-refractivity contribution >= 4 is 11.8 Å². The Morgan fingerprint density at radius 3 is 3.09 bits per heavy atom. The molecule has 1 aromatic heterocycles. The molecule has 0 aromatic carbocycles. The molecule has 0 N–H and O–H groups in total. The van der Waals surface area contributed by atoms with Gasteiger partial charge in [0.15, 0.2) is 0 Å². The molecule has 0 radical (unpaired) electrons. The van der Waals surface area contributed by atoms with Crippen LogP contribution in [0.5, 0.6) is 0 Å². The van der Waals surface area contributed by atoms with E-state index < -0.39 is 0 Å². The lowest BCUT2D eigenvalue weighted by atomic mass is 10.4. The van der Waals surface area contributed by atoms with E-state index in [0.29, 0.717) is 0 Å². The average Bonchev–Trinajstić information content (AvgIpc) is 2.46. The van der Waals surface area contributed by atoms with E-state index in [2.05, 4.69) is 22.7 Å². The van der Waals surface area contributed by atoms with E-state index in [-0.39, 0.29) is 0 Å². The maximum absolute atomic E-state index is 4.50. The molecule has 0 spiro atoms. The molecule has 0 fully saturated rings. The van der Waals surface area contributed by atoms with E-state index in [1.54, 1.807) is 0 Å². The van der Waals surface area contributed by atoms with Crippen LogP contribution >= 0.6 is 11.8 Å². The number of thioether (sulfide) groups is 1. The molecule has 1 aromatic rings. The fourth-order valence-electron chi connectivity index (χ4n) is 1.69. The topological polar surface area (TPSA) is 17.8 Å². The SMILES string of the molecule is CSc1c(C)nc2n1CCC2. The quantitative estimate of drug-likeness (QED) is 0.596. The second kappa shape index (κ2) is 2.55. The van der Waals surface area contributed by atoms with Crippen LogP contribution in [-0.4, -0.2) is 15.8 Å². The lowest BCUT2D eigenvalue weighted by molar-refractivity contribution is 0.692. The molecule has 11 heavy (non-hydrogen) atoms. The van der Waals surface area contributed by atoms with Gasteiger partial charge in [-0.25, -0.2) is 4.98 Å². The summed E-state index contributed by atoms with van der Waals surface area (Å²) < 4.78 is 2.35. The van der Waals surface area contributed by atoms with Gasteiger partial charge in [-0.3, -0.25) is 0 Å². The first-order valence-electron chi connectivity index (χ1n) is 3.93. The number of fused-ring (bicyclic) bond motifs is 1. The molecule has 0 bridgehead atoms. The lowest BCUT2D eigenvalue weighted by Crippen LogP contribution is -1.93. The highest BCUT2D eigenvalue weighted by Crippen LogP contribution is 2.26. The molecular formula is C8H12N2S. The maximum Gasteiger partial charge on any atom is 0.109 e. The van der Waals surface area contributed by atoms with Gasteiger partial charge in [0, 0.05) is 13.0 Å². The van der Waals surface area contributed by atoms with Crippen molar-refractivity contribution in [3.8, 4) is 0 Å². The summed E-state index contributed by atoms with van der Waals surface area (Å²) >= 11 is 1.81. The van der Waals surface area contributed by atoms with E-state index in [9.17, 15) is 0 Å². The van der Waals surface area contributed by atoms with Crippen molar-refractivity contribution in [1.82, 2.24) is 9.55 Å². The third-order valence-electron chi connectivity index (χ3n) is 2.14. The van der Waals surface area contributed by atoms with E-state index in [4.69, 9.17) is 0 Å². The van der Waals surface area contributed by atoms with Crippen LogP contribution in [0, 0.1) is 6.92 Å². The summed E-state index contributed by atoms with van der Waals surface area (Å²) in [5, 5.41) is 1.36. The molecule has 0 atom stereocenters. The Hall–Kier alpha value is -0.440. The van der Waals surface area contributed by atoms with E-state index in [0.717, 1.165) is 0 Å². The van der Waals surface area contributed by atoms with E-state index >= 15 is 0 Å². The van der Waals surface area contributed by atoms with Crippen LogP contribution in [0.3, 0.4) is 0 Å². The molecule has 0 saturated carbocycles. The first kappa shape index (κ1) is 7.22. The van der Waals surface area contributed by atoms with Crippen molar-refractivity contribution in [2.24, 2.45) is 0 Å². The Kier molecular flexibility index (Phi) is 1.68. The molecule has 1 aliphatic rings. The highest BCUT2D eigenvalue weighted by atomic mass is 32.2. The van der Waals surface area contributed by atoms with Crippen LogP contribution in [0.2, 0.25) is 0 Å². The summed E-state index contributed by atoms with van der Waals surface area (Å²) in [6.07, 6.45) is 4.56. The Morgan fingerprint density at radius 1 is 1.55 bits per heavy atom. The van der Waals surface area contributed by atoms with E-state index in [1.165, 1.54) is 35.9 Å². The minimum absolute atomic E-state index is 1.17. The highest BCUT2D eigenvalue weighted by molar-refractivity contribution is 7.98. The Balaban J connectivity index is 2.52. The molecule has 0 amide bonds. The van der Waals surface area contributed by atoms with Crippen LogP contribution in [0.25, 0.3) is 0 Å². The molecule has 1 aliphatic heterocycles. The van der Waals surface area contributed by atoms with Crippen molar-refractivity contribution in [3.05, 3.63) is 11.5 Å². The molecule has 2 nitrogen and oxygen atoms in total. The molecule has 2 heterocycles. The third-order valence-corrected chi connectivity index (χ3v) is 3.04. The zero-order chi connectivity index (χ0) is 7.84. The monoisotopic (exact) mass is 168 g/mol. The van der Waals surface area contributed by atoms with Crippen LogP contribution in [0.4, 0.5) is 0 Å². The first-order chi connectivity index (χ1) is 5.33. The number of aromatic nitrogens is 2. The number of imidazole rings is 1. The van der Waals surface area contributed by atoms with Gasteiger partial charge in [0.1, 0.15) is 5.82 Å². The number of hydrogen-bond donors (Lipinski definition) is 0. The minimum Gasteiger partial charge on any atom is -0.323 e. The van der Waals surface area contributed by atoms with Crippen molar-refractivity contribution in [1.29, 1.82) is 0 Å². The summed E-state index contributed by atoms with van der Waals surface area (Å²) in [7, 11) is 0. The van der Waals surface area contributed by atoms with Gasteiger partial charge in [-0.1, -0.05) is 0 Å². The van der Waals surface area contributed by atoms with Gasteiger partial charge in [-0.05, 0) is 19.6 Å². The number of hydrogen-bond acceptors (Lipinski definition) is 2. The van der Waals surface area contributed by atoms with Crippen LogP contribution < -0.4 is 0 Å². The van der Waals surface area contributed by atoms with Gasteiger partial charge in [0.05, 0.1) is 10.7 Å². The molecular weight excluding hydrogens is 156 g/mol. The maximum atomic E-state index is 4.50. The first-order valence-corrected chi connectivity index (χ1v) is 5.15. The van der Waals surface area contributed by atoms with Gasteiger partial charge < -0.3 is 4.57 Å². The van der Waals surface area contributed by atoms with Crippen molar-refractivity contribution in [3.63, 3.8) is 0 Å². The van der Waals surface area contributed by atoms with Crippen molar-refractivity contribution in [2.45, 2.75) is 31.3 Å². The second-order valence-electron chi connectivity index (χ2n) is 2.88. The second-order valence-corrected chi connectivity index (χ2v) is 3.67. The molecule has 3 heteroatoms. The number of nitrogens with zero attached hydrogens (tertiary/aromatic N) is 2. The molecule has 0 saturated heterocycles. The Morgan fingerprint density at radius 2 is 2.36 bits per heavy atom. The van der Waals surface area contributed by atoms with Gasteiger partial charge in [-0.15, -0.1) is 11.8 Å². The number of aryl methyl sites for hydroxylation is 2. The lowest BCUT2D eigenvalue weighted by Gasteiger charge is -2.00. The molecule has 2 rings (SSSR count). The Labute approximate surface area is 71.0 Å². The van der Waals surface area contributed by atoms with Gasteiger partial charge in [0.2, 0.25) is 0 Å². The average molecular weight is 168 g/mol. The van der Waals surface area contributed by atoms with Crippen LogP contribution in [0.1, 0.15) is 17.9 Å². The summed E-state index contributed by atoms with van der Waals surface area (Å²) in [6.45, 7) is 3.27.